The zero-order valence-electron chi connectivity index (χ0n) is 23.1. The highest BCUT2D eigenvalue weighted by Crippen LogP contribution is 2.47. The molecule has 1 amide bonds. The first-order chi connectivity index (χ1) is 19.1. The Morgan fingerprint density at radius 1 is 0.846 bits per heavy atom. The SMILES string of the molecule is COC[C@@]12C(=O)N(Cc3ccccc3)CC[C@@H]1[C@H](CCOCc1ccc(OC)cc1)CN2Cc1ccccc1. The number of amides is 1. The highest BCUT2D eigenvalue weighted by Gasteiger charge is 2.61. The van der Waals surface area contributed by atoms with E-state index in [9.17, 15) is 4.79 Å². The Labute approximate surface area is 232 Å². The van der Waals surface area contributed by atoms with Crippen molar-refractivity contribution in [1.29, 1.82) is 0 Å². The normalized spacial score (nSPS) is 23.1. The molecule has 2 fully saturated rings. The van der Waals surface area contributed by atoms with Crippen LogP contribution in [0.4, 0.5) is 0 Å². The van der Waals surface area contributed by atoms with Crippen LogP contribution in [0.5, 0.6) is 5.75 Å². The van der Waals surface area contributed by atoms with Crippen LogP contribution in [-0.4, -0.2) is 61.8 Å². The number of fused-ring (bicyclic) bond motifs is 1. The highest BCUT2D eigenvalue weighted by molar-refractivity contribution is 5.88. The van der Waals surface area contributed by atoms with Gasteiger partial charge in [0.2, 0.25) is 5.91 Å². The summed E-state index contributed by atoms with van der Waals surface area (Å²) in [6.07, 6.45) is 1.89. The van der Waals surface area contributed by atoms with Gasteiger partial charge in [-0.1, -0.05) is 72.8 Å². The number of hydrogen-bond acceptors (Lipinski definition) is 5. The molecule has 0 aromatic heterocycles. The van der Waals surface area contributed by atoms with Crippen molar-refractivity contribution in [3.8, 4) is 5.75 Å². The van der Waals surface area contributed by atoms with Crippen LogP contribution in [0, 0.1) is 11.8 Å². The number of likely N-dealkylation sites (tertiary alicyclic amines) is 2. The zero-order valence-corrected chi connectivity index (χ0v) is 23.1. The molecule has 3 aromatic carbocycles. The maximum absolute atomic E-state index is 14.4. The van der Waals surface area contributed by atoms with Gasteiger partial charge in [-0.2, -0.15) is 0 Å². The van der Waals surface area contributed by atoms with Crippen LogP contribution in [0.25, 0.3) is 0 Å². The van der Waals surface area contributed by atoms with E-state index < -0.39 is 5.54 Å². The van der Waals surface area contributed by atoms with Gasteiger partial charge in [0, 0.05) is 39.9 Å². The van der Waals surface area contributed by atoms with E-state index in [1.807, 2.05) is 53.4 Å². The van der Waals surface area contributed by atoms with Gasteiger partial charge in [-0.25, -0.2) is 0 Å². The van der Waals surface area contributed by atoms with E-state index in [1.54, 1.807) is 14.2 Å². The van der Waals surface area contributed by atoms with E-state index in [1.165, 1.54) is 5.56 Å². The molecule has 0 saturated carbocycles. The summed E-state index contributed by atoms with van der Waals surface area (Å²) < 4.78 is 17.2. The minimum atomic E-state index is -0.668. The Bertz CT molecular complexity index is 1190. The fraction of sp³-hybridized carbons (Fsp3) is 0.424. The fourth-order valence-corrected chi connectivity index (χ4v) is 6.52. The predicted molar refractivity (Wildman–Crippen MR) is 152 cm³/mol. The van der Waals surface area contributed by atoms with E-state index in [2.05, 4.69) is 41.3 Å². The minimum absolute atomic E-state index is 0.196. The third kappa shape index (κ3) is 6.03. The summed E-state index contributed by atoms with van der Waals surface area (Å²) in [4.78, 5) is 18.9. The van der Waals surface area contributed by atoms with Crippen molar-refractivity contribution in [3.05, 3.63) is 102 Å². The van der Waals surface area contributed by atoms with Crippen LogP contribution < -0.4 is 4.74 Å². The van der Waals surface area contributed by atoms with E-state index >= 15 is 0 Å². The Morgan fingerprint density at radius 2 is 1.51 bits per heavy atom. The van der Waals surface area contributed by atoms with Gasteiger partial charge in [-0.15, -0.1) is 0 Å². The Hall–Kier alpha value is -3.19. The number of carbonyl (C=O) groups excluding carboxylic acids is 1. The van der Waals surface area contributed by atoms with Crippen LogP contribution in [0.2, 0.25) is 0 Å². The maximum Gasteiger partial charge on any atom is 0.246 e. The number of rotatable bonds is 12. The average molecular weight is 529 g/mol. The first-order valence-electron chi connectivity index (χ1n) is 14.0. The predicted octanol–water partition coefficient (Wildman–Crippen LogP) is 5.17. The molecular formula is C33H40N2O4. The van der Waals surface area contributed by atoms with Gasteiger partial charge in [-0.05, 0) is 53.5 Å². The van der Waals surface area contributed by atoms with Crippen LogP contribution in [0.3, 0.4) is 0 Å². The van der Waals surface area contributed by atoms with Gasteiger partial charge in [0.25, 0.3) is 0 Å². The molecule has 0 aliphatic carbocycles. The summed E-state index contributed by atoms with van der Waals surface area (Å²) in [5.74, 6) is 1.64. The van der Waals surface area contributed by atoms with Crippen LogP contribution in [-0.2, 0) is 34.0 Å². The van der Waals surface area contributed by atoms with E-state index in [4.69, 9.17) is 14.2 Å². The van der Waals surface area contributed by atoms with Gasteiger partial charge in [0.15, 0.2) is 0 Å². The molecule has 2 aliphatic heterocycles. The van der Waals surface area contributed by atoms with Crippen LogP contribution in [0.1, 0.15) is 29.5 Å². The van der Waals surface area contributed by atoms with Crippen LogP contribution in [0.15, 0.2) is 84.9 Å². The average Bonchev–Trinajstić information content (AvgIpc) is 3.27. The molecular weight excluding hydrogens is 488 g/mol. The molecule has 2 saturated heterocycles. The summed E-state index contributed by atoms with van der Waals surface area (Å²) in [5.41, 5.74) is 2.84. The molecule has 6 heteroatoms. The van der Waals surface area contributed by atoms with Crippen molar-refractivity contribution in [2.24, 2.45) is 11.8 Å². The summed E-state index contributed by atoms with van der Waals surface area (Å²) >= 11 is 0. The van der Waals surface area contributed by atoms with E-state index in [0.717, 1.165) is 49.4 Å². The maximum atomic E-state index is 14.4. The standard InChI is InChI=1S/C33H40N2O4/c1-37-25-33-31(17-19-34(32(33)36)21-26-9-5-3-6-10-26)29(23-35(33)22-27-11-7-4-8-12-27)18-20-39-24-28-13-15-30(38-2)16-14-28/h3-16,29,31H,17-25H2,1-2H3/t29-,31-,33+/m1/s1. The van der Waals surface area contributed by atoms with Gasteiger partial charge in [0.1, 0.15) is 11.3 Å². The number of hydrogen-bond donors (Lipinski definition) is 0. The lowest BCUT2D eigenvalue weighted by Gasteiger charge is -2.48. The Morgan fingerprint density at radius 3 is 2.15 bits per heavy atom. The number of methoxy groups -OCH3 is 2. The third-order valence-corrected chi connectivity index (χ3v) is 8.43. The molecule has 2 aliphatic rings. The van der Waals surface area contributed by atoms with Gasteiger partial charge < -0.3 is 19.1 Å². The number of piperidine rings is 1. The Balaban J connectivity index is 1.33. The summed E-state index contributed by atoms with van der Waals surface area (Å²) in [6, 6.07) is 28.8. The lowest BCUT2D eigenvalue weighted by atomic mass is 9.73. The van der Waals surface area contributed by atoms with E-state index in [-0.39, 0.29) is 11.8 Å². The van der Waals surface area contributed by atoms with Crippen molar-refractivity contribution in [2.45, 2.75) is 38.1 Å². The smallest absolute Gasteiger partial charge is 0.246 e. The quantitative estimate of drug-likeness (QED) is 0.304. The second-order valence-corrected chi connectivity index (χ2v) is 10.8. The molecule has 2 heterocycles. The molecule has 3 aromatic rings. The first kappa shape index (κ1) is 27.4. The number of carbonyl (C=O) groups is 1. The molecule has 6 nitrogen and oxygen atoms in total. The summed E-state index contributed by atoms with van der Waals surface area (Å²) in [5, 5.41) is 0. The second kappa shape index (κ2) is 12.8. The van der Waals surface area contributed by atoms with Crippen molar-refractivity contribution in [1.82, 2.24) is 9.80 Å². The molecule has 3 atom stereocenters. The van der Waals surface area contributed by atoms with E-state index in [0.29, 0.717) is 32.3 Å². The van der Waals surface area contributed by atoms with Crippen LogP contribution >= 0.6 is 0 Å². The second-order valence-electron chi connectivity index (χ2n) is 10.8. The number of benzene rings is 3. The van der Waals surface area contributed by atoms with Gasteiger partial charge >= 0.3 is 0 Å². The molecule has 0 bridgehead atoms. The Kier molecular flexibility index (Phi) is 8.97. The zero-order chi connectivity index (χ0) is 27.1. The third-order valence-electron chi connectivity index (χ3n) is 8.43. The molecule has 5 rings (SSSR count). The molecule has 0 N–H and O–H groups in total. The van der Waals surface area contributed by atoms with Gasteiger partial charge in [-0.3, -0.25) is 9.69 Å². The minimum Gasteiger partial charge on any atom is -0.497 e. The number of ether oxygens (including phenoxy) is 3. The molecule has 0 radical (unpaired) electrons. The first-order valence-corrected chi connectivity index (χ1v) is 14.0. The van der Waals surface area contributed by atoms with Crippen molar-refractivity contribution >= 4 is 5.91 Å². The van der Waals surface area contributed by atoms with Gasteiger partial charge in [0.05, 0.1) is 20.3 Å². The topological polar surface area (TPSA) is 51.2 Å². The highest BCUT2D eigenvalue weighted by atomic mass is 16.5. The van der Waals surface area contributed by atoms with Crippen molar-refractivity contribution in [3.63, 3.8) is 0 Å². The monoisotopic (exact) mass is 528 g/mol. The van der Waals surface area contributed by atoms with Crippen molar-refractivity contribution in [2.75, 3.05) is 40.5 Å². The molecule has 0 spiro atoms. The largest absolute Gasteiger partial charge is 0.497 e. The van der Waals surface area contributed by atoms with Crippen molar-refractivity contribution < 1.29 is 19.0 Å². The molecule has 206 valence electrons. The molecule has 0 unspecified atom stereocenters. The fourth-order valence-electron chi connectivity index (χ4n) is 6.52. The summed E-state index contributed by atoms with van der Waals surface area (Å²) in [7, 11) is 3.40. The molecule has 39 heavy (non-hydrogen) atoms. The summed E-state index contributed by atoms with van der Waals surface area (Å²) in [6.45, 7) is 4.63. The lowest BCUT2D eigenvalue weighted by Crippen LogP contribution is -2.65. The number of nitrogens with zero attached hydrogens (tertiary/aromatic N) is 2. The lowest BCUT2D eigenvalue weighted by molar-refractivity contribution is -0.157.